The molecule has 2 amide bonds. The molecule has 5 aromatic rings. The molecule has 0 spiro atoms. The fourth-order valence-corrected chi connectivity index (χ4v) is 6.12. The number of ether oxygens (including phenoxy) is 1. The number of urea groups is 1. The van der Waals surface area contributed by atoms with Gasteiger partial charge in [0.2, 0.25) is 0 Å². The number of para-hydroxylation sites is 1. The number of rotatable bonds is 7. The van der Waals surface area contributed by atoms with Gasteiger partial charge in [-0.15, -0.1) is 0 Å². The molecule has 8 nitrogen and oxygen atoms in total. The van der Waals surface area contributed by atoms with Gasteiger partial charge in [0, 0.05) is 48.7 Å². The van der Waals surface area contributed by atoms with E-state index in [4.69, 9.17) is 4.74 Å². The molecule has 3 N–H and O–H groups in total. The lowest BCUT2D eigenvalue weighted by atomic mass is 9.85. The van der Waals surface area contributed by atoms with Crippen molar-refractivity contribution in [3.8, 4) is 5.75 Å². The summed E-state index contributed by atoms with van der Waals surface area (Å²) in [6.45, 7) is 4.91. The number of aromatic hydroxyl groups is 1. The number of aromatic nitrogens is 2. The third-order valence-electron chi connectivity index (χ3n) is 8.29. The van der Waals surface area contributed by atoms with Crippen LogP contribution in [0.15, 0.2) is 77.6 Å². The second kappa shape index (κ2) is 11.7. The van der Waals surface area contributed by atoms with Crippen LogP contribution in [0.1, 0.15) is 40.3 Å². The Morgan fingerprint density at radius 2 is 1.76 bits per heavy atom. The molecular weight excluding hydrogens is 528 g/mol. The lowest BCUT2D eigenvalue weighted by Crippen LogP contribution is -2.46. The number of amides is 2. The third-order valence-corrected chi connectivity index (χ3v) is 8.29. The van der Waals surface area contributed by atoms with Gasteiger partial charge in [-0.25, -0.2) is 4.79 Å². The second-order valence-electron chi connectivity index (χ2n) is 11.0. The number of hydrogen-bond acceptors (Lipinski definition) is 4. The van der Waals surface area contributed by atoms with Crippen molar-refractivity contribution in [2.45, 2.75) is 25.7 Å². The molecule has 8 heteroatoms. The molecule has 0 radical (unpaired) electrons. The number of carbonyl (C=O) groups is 1. The average molecular weight is 565 g/mol. The summed E-state index contributed by atoms with van der Waals surface area (Å²) in [5.41, 5.74) is 5.76. The molecule has 3 aromatic carbocycles. The largest absolute Gasteiger partial charge is 0.507 e. The van der Waals surface area contributed by atoms with E-state index in [1.165, 1.54) is 0 Å². The molecule has 0 aliphatic carbocycles. The molecule has 2 aromatic heterocycles. The number of nitrogens with one attached hydrogen (secondary N) is 2. The zero-order valence-electron chi connectivity index (χ0n) is 24.0. The monoisotopic (exact) mass is 564 g/mol. The van der Waals surface area contributed by atoms with Gasteiger partial charge in [0.05, 0.1) is 30.2 Å². The number of aryl methyl sites for hydroxylation is 3. The number of morpholine rings is 1. The Balaban J connectivity index is 1.44. The summed E-state index contributed by atoms with van der Waals surface area (Å²) in [6.07, 6.45) is 1.40. The van der Waals surface area contributed by atoms with E-state index in [-0.39, 0.29) is 17.3 Å². The van der Waals surface area contributed by atoms with Gasteiger partial charge in [0.1, 0.15) is 5.75 Å². The topological polar surface area (TPSA) is 99.6 Å². The first-order valence-corrected chi connectivity index (χ1v) is 14.5. The summed E-state index contributed by atoms with van der Waals surface area (Å²) in [4.78, 5) is 32.1. The lowest BCUT2D eigenvalue weighted by Gasteiger charge is -2.27. The molecule has 1 aliphatic heterocycles. The molecular formula is C34H36N4O4. The zero-order chi connectivity index (χ0) is 29.2. The Morgan fingerprint density at radius 3 is 2.55 bits per heavy atom. The highest BCUT2D eigenvalue weighted by molar-refractivity contribution is 5.89. The molecule has 216 valence electrons. The minimum atomic E-state index is -0.528. The molecule has 42 heavy (non-hydrogen) atoms. The molecule has 0 bridgehead atoms. The van der Waals surface area contributed by atoms with Crippen molar-refractivity contribution in [1.29, 1.82) is 0 Å². The van der Waals surface area contributed by atoms with E-state index in [1.54, 1.807) is 16.5 Å². The molecule has 1 fully saturated rings. The summed E-state index contributed by atoms with van der Waals surface area (Å²) in [6, 6.07) is 23.5. The molecule has 1 saturated heterocycles. The van der Waals surface area contributed by atoms with E-state index < -0.39 is 5.92 Å². The first kappa shape index (κ1) is 27.6. The van der Waals surface area contributed by atoms with Crippen molar-refractivity contribution in [2.75, 3.05) is 32.8 Å². The smallest absolute Gasteiger partial charge is 0.317 e. The van der Waals surface area contributed by atoms with Crippen LogP contribution < -0.4 is 10.9 Å². The van der Waals surface area contributed by atoms with Gasteiger partial charge in [0.15, 0.2) is 0 Å². The van der Waals surface area contributed by atoms with Crippen LogP contribution in [0.3, 0.4) is 0 Å². The van der Waals surface area contributed by atoms with Crippen molar-refractivity contribution >= 4 is 27.8 Å². The van der Waals surface area contributed by atoms with E-state index in [2.05, 4.69) is 35.4 Å². The number of pyridine rings is 1. The predicted octanol–water partition coefficient (Wildman–Crippen LogP) is 5.19. The zero-order valence-corrected chi connectivity index (χ0v) is 24.0. The van der Waals surface area contributed by atoms with Crippen molar-refractivity contribution in [3.63, 3.8) is 0 Å². The second-order valence-corrected chi connectivity index (χ2v) is 11.0. The molecule has 1 aliphatic rings. The molecule has 0 saturated carbocycles. The first-order valence-electron chi connectivity index (χ1n) is 14.5. The van der Waals surface area contributed by atoms with Crippen molar-refractivity contribution in [3.05, 3.63) is 111 Å². The first-order chi connectivity index (χ1) is 20.4. The predicted molar refractivity (Wildman–Crippen MR) is 165 cm³/mol. The van der Waals surface area contributed by atoms with Gasteiger partial charge in [-0.3, -0.25) is 4.79 Å². The van der Waals surface area contributed by atoms with E-state index in [1.807, 2.05) is 54.6 Å². The fraction of sp³-hybridized carbons (Fsp3) is 0.294. The number of fused-ring (bicyclic) bond motifs is 2. The van der Waals surface area contributed by atoms with E-state index in [0.29, 0.717) is 62.2 Å². The van der Waals surface area contributed by atoms with Crippen LogP contribution in [-0.4, -0.2) is 58.4 Å². The van der Waals surface area contributed by atoms with Crippen LogP contribution in [-0.2, 0) is 18.2 Å². The van der Waals surface area contributed by atoms with Crippen LogP contribution in [0.4, 0.5) is 4.79 Å². The van der Waals surface area contributed by atoms with E-state index >= 15 is 0 Å². The van der Waals surface area contributed by atoms with Crippen LogP contribution in [0, 0.1) is 6.92 Å². The van der Waals surface area contributed by atoms with Crippen molar-refractivity contribution in [1.82, 2.24) is 19.8 Å². The quantitative estimate of drug-likeness (QED) is 0.237. The van der Waals surface area contributed by atoms with Crippen LogP contribution in [0.25, 0.3) is 21.8 Å². The van der Waals surface area contributed by atoms with Crippen molar-refractivity contribution in [2.24, 2.45) is 7.05 Å². The van der Waals surface area contributed by atoms with Gasteiger partial charge in [0.25, 0.3) is 5.56 Å². The maximum Gasteiger partial charge on any atom is 0.317 e. The average Bonchev–Trinajstić information content (AvgIpc) is 3.37. The fourth-order valence-electron chi connectivity index (χ4n) is 6.12. The van der Waals surface area contributed by atoms with Gasteiger partial charge < -0.3 is 29.6 Å². The van der Waals surface area contributed by atoms with Crippen LogP contribution in [0.2, 0.25) is 0 Å². The lowest BCUT2D eigenvalue weighted by molar-refractivity contribution is 0.0532. The Morgan fingerprint density at radius 1 is 1.02 bits per heavy atom. The van der Waals surface area contributed by atoms with Crippen LogP contribution in [0.5, 0.6) is 5.75 Å². The normalized spacial score (nSPS) is 14.4. The summed E-state index contributed by atoms with van der Waals surface area (Å²) < 4.78 is 6.98. The summed E-state index contributed by atoms with van der Waals surface area (Å²) in [7, 11) is 1.75. The summed E-state index contributed by atoms with van der Waals surface area (Å²) in [5.74, 6) is -0.527. The molecule has 3 heterocycles. The maximum absolute atomic E-state index is 14.0. The number of H-pyrrole nitrogens is 1. The SMILES string of the molecule is Cc1ccc2[nH]c(C(c3ccccc3)c3c(O)c4ccccc4n(C)c3=O)c(CCCNC(=O)N3CCOCC3)c2c1. The minimum Gasteiger partial charge on any atom is -0.507 e. The molecule has 1 unspecified atom stereocenters. The van der Waals surface area contributed by atoms with Crippen LogP contribution >= 0.6 is 0 Å². The standard InChI is InChI=1S/C34H36N4O4/c1-22-14-15-27-26(21-22)24(12-8-16-35-34(41)38-17-19-42-20-18-38)31(36-27)29(23-9-4-3-5-10-23)30-32(39)25-11-6-7-13-28(25)37(2)33(30)40/h3-7,9-11,13-15,21,29,36,39H,8,12,16-20H2,1-2H3,(H,35,41). The number of hydrogen-bond donors (Lipinski definition) is 3. The van der Waals surface area contributed by atoms with E-state index in [0.717, 1.165) is 33.3 Å². The molecule has 1 atom stereocenters. The van der Waals surface area contributed by atoms with Gasteiger partial charge in [-0.2, -0.15) is 0 Å². The number of aromatic amines is 1. The number of benzene rings is 3. The number of carbonyl (C=O) groups excluding carboxylic acids is 1. The van der Waals surface area contributed by atoms with Gasteiger partial charge >= 0.3 is 6.03 Å². The molecule has 6 rings (SSSR count). The maximum atomic E-state index is 14.0. The Bertz CT molecular complexity index is 1800. The Labute approximate surface area is 244 Å². The van der Waals surface area contributed by atoms with E-state index in [9.17, 15) is 14.7 Å². The summed E-state index contributed by atoms with van der Waals surface area (Å²) in [5, 5.41) is 16.4. The highest BCUT2D eigenvalue weighted by Gasteiger charge is 2.30. The van der Waals surface area contributed by atoms with Crippen molar-refractivity contribution < 1.29 is 14.6 Å². The Hall–Kier alpha value is -4.56. The minimum absolute atomic E-state index is 0.00103. The van der Waals surface area contributed by atoms with Gasteiger partial charge in [-0.1, -0.05) is 54.1 Å². The third kappa shape index (κ3) is 5.14. The number of nitrogens with zero attached hydrogens (tertiary/aromatic N) is 2. The highest BCUT2D eigenvalue weighted by Crippen LogP contribution is 2.41. The van der Waals surface area contributed by atoms with Gasteiger partial charge in [-0.05, 0) is 55.2 Å². The Kier molecular flexibility index (Phi) is 7.71. The summed E-state index contributed by atoms with van der Waals surface area (Å²) >= 11 is 0. The highest BCUT2D eigenvalue weighted by atomic mass is 16.5.